The van der Waals surface area contributed by atoms with Crippen molar-refractivity contribution in [3.05, 3.63) is 0 Å². The quantitative estimate of drug-likeness (QED) is 0.737. The zero-order valence-corrected chi connectivity index (χ0v) is 8.11. The molecule has 3 nitrogen and oxygen atoms in total. The summed E-state index contributed by atoms with van der Waals surface area (Å²) in [6.07, 6.45) is -4.44. The topological polar surface area (TPSA) is 49.3 Å². The van der Waals surface area contributed by atoms with Gasteiger partial charge in [0, 0.05) is 12.1 Å². The van der Waals surface area contributed by atoms with Gasteiger partial charge in [-0.25, -0.2) is 0 Å². The molecule has 0 spiro atoms. The molecule has 1 amide bonds. The molecule has 0 radical (unpaired) electrons. The number of halogens is 3. The first-order valence-electron chi connectivity index (χ1n) is 4.25. The van der Waals surface area contributed by atoms with Gasteiger partial charge in [0.2, 0.25) is 0 Å². The third-order valence-electron chi connectivity index (χ3n) is 2.12. The minimum absolute atomic E-state index is 0.103. The number of hydrogen-bond donors (Lipinski definition) is 2. The molecular formula is C8H14F3NO2. The second-order valence-electron chi connectivity index (χ2n) is 3.34. The average molecular weight is 213 g/mol. The van der Waals surface area contributed by atoms with Gasteiger partial charge in [-0.15, -0.1) is 0 Å². The van der Waals surface area contributed by atoms with Crippen LogP contribution in [-0.4, -0.2) is 29.3 Å². The van der Waals surface area contributed by atoms with Crippen LogP contribution in [0.25, 0.3) is 0 Å². The van der Waals surface area contributed by atoms with Gasteiger partial charge in [0.05, 0.1) is 0 Å². The van der Waals surface area contributed by atoms with E-state index in [0.717, 1.165) is 0 Å². The number of hydrogen-bond acceptors (Lipinski definition) is 2. The van der Waals surface area contributed by atoms with Crippen LogP contribution in [-0.2, 0) is 4.79 Å². The van der Waals surface area contributed by atoms with Gasteiger partial charge in [-0.05, 0) is 19.8 Å². The molecule has 0 fully saturated rings. The molecule has 0 heterocycles. The largest absolute Gasteiger partial charge is 0.471 e. The highest BCUT2D eigenvalue weighted by atomic mass is 19.4. The lowest BCUT2D eigenvalue weighted by Gasteiger charge is -2.29. The maximum atomic E-state index is 11.9. The first kappa shape index (κ1) is 13.2. The Bertz CT molecular complexity index is 205. The predicted octanol–water partition coefficient (Wildman–Crippen LogP) is 1.22. The number of carbonyl (C=O) groups excluding carboxylic acids is 1. The molecule has 14 heavy (non-hydrogen) atoms. The molecule has 6 heteroatoms. The van der Waals surface area contributed by atoms with Crippen LogP contribution in [0.15, 0.2) is 0 Å². The minimum Gasteiger partial charge on any atom is -0.396 e. The molecule has 0 saturated carbocycles. The van der Waals surface area contributed by atoms with E-state index in [9.17, 15) is 18.0 Å². The number of rotatable bonds is 4. The Morgan fingerprint density at radius 2 is 1.93 bits per heavy atom. The Morgan fingerprint density at radius 3 is 2.21 bits per heavy atom. The molecule has 0 aliphatic rings. The fourth-order valence-electron chi connectivity index (χ4n) is 0.919. The maximum absolute atomic E-state index is 11.9. The van der Waals surface area contributed by atoms with Gasteiger partial charge in [0.25, 0.3) is 0 Å². The Morgan fingerprint density at radius 1 is 1.43 bits per heavy atom. The molecule has 84 valence electrons. The summed E-state index contributed by atoms with van der Waals surface area (Å²) < 4.78 is 35.6. The fraction of sp³-hybridized carbons (Fsp3) is 0.875. The van der Waals surface area contributed by atoms with Crippen LogP contribution >= 0.6 is 0 Å². The minimum atomic E-state index is -4.87. The molecule has 2 N–H and O–H groups in total. The van der Waals surface area contributed by atoms with Crippen molar-refractivity contribution < 1.29 is 23.1 Å². The van der Waals surface area contributed by atoms with Crippen molar-refractivity contribution in [2.75, 3.05) is 6.61 Å². The molecule has 1 atom stereocenters. The van der Waals surface area contributed by atoms with Crippen LogP contribution in [0.4, 0.5) is 13.2 Å². The van der Waals surface area contributed by atoms with Crippen LogP contribution in [0.1, 0.15) is 26.7 Å². The monoisotopic (exact) mass is 213 g/mol. The third-order valence-corrected chi connectivity index (χ3v) is 2.12. The second kappa shape index (κ2) is 4.63. The summed E-state index contributed by atoms with van der Waals surface area (Å²) in [5.41, 5.74) is -0.999. The average Bonchev–Trinajstić information content (AvgIpc) is 2.03. The lowest BCUT2D eigenvalue weighted by Crippen LogP contribution is -2.51. The van der Waals surface area contributed by atoms with Crippen LogP contribution in [0.2, 0.25) is 0 Å². The van der Waals surface area contributed by atoms with Crippen molar-refractivity contribution in [1.82, 2.24) is 5.32 Å². The lowest BCUT2D eigenvalue weighted by molar-refractivity contribution is -0.175. The van der Waals surface area contributed by atoms with Crippen LogP contribution in [0, 0.1) is 0 Å². The van der Waals surface area contributed by atoms with Crippen molar-refractivity contribution in [2.45, 2.75) is 38.4 Å². The molecule has 0 aromatic heterocycles. The second-order valence-corrected chi connectivity index (χ2v) is 3.34. The molecule has 0 rings (SSSR count). The van der Waals surface area contributed by atoms with Crippen molar-refractivity contribution in [2.24, 2.45) is 0 Å². The Kier molecular flexibility index (Phi) is 4.38. The zero-order valence-electron chi connectivity index (χ0n) is 8.11. The molecule has 0 bridgehead atoms. The van der Waals surface area contributed by atoms with Crippen LogP contribution in [0.3, 0.4) is 0 Å². The number of aliphatic hydroxyl groups excluding tert-OH is 1. The number of nitrogens with one attached hydrogen (secondary N) is 1. The van der Waals surface area contributed by atoms with E-state index in [1.165, 1.54) is 6.92 Å². The molecular weight excluding hydrogens is 199 g/mol. The van der Waals surface area contributed by atoms with Gasteiger partial charge in [-0.2, -0.15) is 13.2 Å². The standard InChI is InChI=1S/C8H14F3NO2/c1-3-7(2,4-5-13)12-6(14)8(9,10)11/h13H,3-5H2,1-2H3,(H,12,14). The first-order valence-corrected chi connectivity index (χ1v) is 4.25. The van der Waals surface area contributed by atoms with E-state index < -0.39 is 17.6 Å². The highest BCUT2D eigenvalue weighted by Crippen LogP contribution is 2.19. The van der Waals surface area contributed by atoms with Crippen LogP contribution in [0.5, 0.6) is 0 Å². The van der Waals surface area contributed by atoms with Gasteiger partial charge in [-0.3, -0.25) is 4.79 Å². The summed E-state index contributed by atoms with van der Waals surface area (Å²) in [5, 5.41) is 10.5. The van der Waals surface area contributed by atoms with E-state index in [1.54, 1.807) is 6.92 Å². The van der Waals surface area contributed by atoms with Crippen molar-refractivity contribution in [3.8, 4) is 0 Å². The molecule has 0 saturated heterocycles. The van der Waals surface area contributed by atoms with Crippen molar-refractivity contribution >= 4 is 5.91 Å². The molecule has 0 aliphatic heterocycles. The van der Waals surface area contributed by atoms with E-state index in [0.29, 0.717) is 6.42 Å². The molecule has 1 unspecified atom stereocenters. The van der Waals surface area contributed by atoms with Gasteiger partial charge < -0.3 is 10.4 Å². The number of amides is 1. The van der Waals surface area contributed by atoms with Gasteiger partial charge in [-0.1, -0.05) is 6.92 Å². The smallest absolute Gasteiger partial charge is 0.396 e. The summed E-state index contributed by atoms with van der Waals surface area (Å²) in [6, 6.07) is 0. The summed E-state index contributed by atoms with van der Waals surface area (Å²) in [4.78, 5) is 10.6. The van der Waals surface area contributed by atoms with Gasteiger partial charge in [0.15, 0.2) is 0 Å². The Hall–Kier alpha value is -0.780. The van der Waals surface area contributed by atoms with Crippen LogP contribution < -0.4 is 5.32 Å². The van der Waals surface area contributed by atoms with E-state index in [1.807, 2.05) is 5.32 Å². The Balaban J connectivity index is 4.39. The normalized spacial score (nSPS) is 16.1. The highest BCUT2D eigenvalue weighted by Gasteiger charge is 2.41. The number of carbonyl (C=O) groups is 1. The first-order chi connectivity index (χ1) is 6.25. The summed E-state index contributed by atoms with van der Waals surface area (Å²) >= 11 is 0. The van der Waals surface area contributed by atoms with E-state index in [2.05, 4.69) is 0 Å². The predicted molar refractivity (Wildman–Crippen MR) is 44.6 cm³/mol. The number of alkyl halides is 3. The van der Waals surface area contributed by atoms with E-state index >= 15 is 0 Å². The molecule has 0 aromatic carbocycles. The Labute approximate surface area is 80.3 Å². The van der Waals surface area contributed by atoms with Crippen molar-refractivity contribution in [3.63, 3.8) is 0 Å². The maximum Gasteiger partial charge on any atom is 0.471 e. The zero-order chi connectivity index (χ0) is 11.4. The third kappa shape index (κ3) is 3.95. The fourth-order valence-corrected chi connectivity index (χ4v) is 0.919. The SMILES string of the molecule is CCC(C)(CCO)NC(=O)C(F)(F)F. The van der Waals surface area contributed by atoms with E-state index in [4.69, 9.17) is 5.11 Å². The van der Waals surface area contributed by atoms with E-state index in [-0.39, 0.29) is 13.0 Å². The number of aliphatic hydroxyl groups is 1. The lowest BCUT2D eigenvalue weighted by atomic mass is 9.95. The van der Waals surface area contributed by atoms with Gasteiger partial charge in [0.1, 0.15) is 0 Å². The summed E-state index contributed by atoms with van der Waals surface area (Å²) in [5.74, 6) is -1.96. The summed E-state index contributed by atoms with van der Waals surface area (Å²) in [6.45, 7) is 2.85. The summed E-state index contributed by atoms with van der Waals surface area (Å²) in [7, 11) is 0. The molecule has 0 aliphatic carbocycles. The highest BCUT2D eigenvalue weighted by molar-refractivity contribution is 5.82. The van der Waals surface area contributed by atoms with Crippen molar-refractivity contribution in [1.29, 1.82) is 0 Å². The van der Waals surface area contributed by atoms with Gasteiger partial charge >= 0.3 is 12.1 Å². The molecule has 0 aromatic rings.